The maximum atomic E-state index is 12.6. The maximum absolute atomic E-state index is 12.6. The number of carbonyl (C=O) groups is 1. The van der Waals surface area contributed by atoms with Crippen LogP contribution in [0.1, 0.15) is 18.7 Å². The van der Waals surface area contributed by atoms with E-state index in [-0.39, 0.29) is 11.8 Å². The van der Waals surface area contributed by atoms with Crippen LogP contribution >= 0.6 is 23.2 Å². The van der Waals surface area contributed by atoms with E-state index in [9.17, 15) is 4.79 Å². The second-order valence-corrected chi connectivity index (χ2v) is 7.96. The Labute approximate surface area is 178 Å². The Bertz CT molecular complexity index is 973. The van der Waals surface area contributed by atoms with Crippen LogP contribution in [-0.2, 0) is 11.3 Å². The number of halogens is 2. The van der Waals surface area contributed by atoms with E-state index in [1.54, 1.807) is 36.4 Å². The van der Waals surface area contributed by atoms with Crippen LogP contribution < -0.4 is 5.32 Å². The number of piperidine rings is 1. The average Bonchev–Trinajstić information content (AvgIpc) is 3.19. The summed E-state index contributed by atoms with van der Waals surface area (Å²) in [6, 6.07) is 14.4. The second kappa shape index (κ2) is 8.95. The molecule has 29 heavy (non-hydrogen) atoms. The lowest BCUT2D eigenvalue weighted by Gasteiger charge is -2.30. The summed E-state index contributed by atoms with van der Waals surface area (Å²) in [5.41, 5.74) is 1.60. The lowest BCUT2D eigenvalue weighted by atomic mass is 9.97. The van der Waals surface area contributed by atoms with Crippen LogP contribution in [0.3, 0.4) is 0 Å². The normalized spacial score (nSPS) is 17.2. The van der Waals surface area contributed by atoms with Crippen LogP contribution in [0, 0.1) is 5.92 Å². The van der Waals surface area contributed by atoms with E-state index in [2.05, 4.69) is 20.4 Å². The minimum absolute atomic E-state index is 0.0180. The summed E-state index contributed by atoms with van der Waals surface area (Å²) < 4.78 is 5.41. The van der Waals surface area contributed by atoms with Gasteiger partial charge in [0.05, 0.1) is 12.5 Å². The molecule has 1 atom stereocenters. The van der Waals surface area contributed by atoms with Gasteiger partial charge in [0.2, 0.25) is 17.6 Å². The molecular weight excluding hydrogens is 411 g/mol. The van der Waals surface area contributed by atoms with Gasteiger partial charge in [-0.3, -0.25) is 9.69 Å². The molecular formula is C21H20Cl2N4O2. The lowest BCUT2D eigenvalue weighted by molar-refractivity contribution is -0.121. The van der Waals surface area contributed by atoms with Crippen molar-refractivity contribution < 1.29 is 9.32 Å². The van der Waals surface area contributed by atoms with Crippen molar-refractivity contribution in [2.24, 2.45) is 5.92 Å². The van der Waals surface area contributed by atoms with Crippen molar-refractivity contribution in [1.29, 1.82) is 0 Å². The Morgan fingerprint density at radius 2 is 1.79 bits per heavy atom. The number of anilines is 1. The van der Waals surface area contributed by atoms with Crippen molar-refractivity contribution in [3.8, 4) is 11.4 Å². The first kappa shape index (κ1) is 19.9. The quantitative estimate of drug-likeness (QED) is 0.623. The molecule has 0 saturated carbocycles. The predicted octanol–water partition coefficient (Wildman–Crippen LogP) is 4.89. The second-order valence-electron chi connectivity index (χ2n) is 7.09. The number of hydrogen-bond acceptors (Lipinski definition) is 5. The first-order valence-electron chi connectivity index (χ1n) is 9.44. The molecule has 1 amide bonds. The van der Waals surface area contributed by atoms with Crippen molar-refractivity contribution >= 4 is 34.8 Å². The molecule has 2 aromatic carbocycles. The van der Waals surface area contributed by atoms with Gasteiger partial charge < -0.3 is 9.84 Å². The number of carbonyl (C=O) groups excluding carboxylic acids is 1. The van der Waals surface area contributed by atoms with E-state index >= 15 is 0 Å². The van der Waals surface area contributed by atoms with Crippen molar-refractivity contribution in [2.45, 2.75) is 19.4 Å². The number of likely N-dealkylation sites (tertiary alicyclic amines) is 1. The summed E-state index contributed by atoms with van der Waals surface area (Å²) in [7, 11) is 0. The zero-order valence-corrected chi connectivity index (χ0v) is 17.2. The summed E-state index contributed by atoms with van der Waals surface area (Å²) in [6.45, 7) is 2.06. The third kappa shape index (κ3) is 5.15. The fourth-order valence-corrected chi connectivity index (χ4v) is 3.67. The third-order valence-corrected chi connectivity index (χ3v) is 5.42. The van der Waals surface area contributed by atoms with E-state index in [4.69, 9.17) is 27.7 Å². The van der Waals surface area contributed by atoms with E-state index in [0.29, 0.717) is 34.8 Å². The summed E-state index contributed by atoms with van der Waals surface area (Å²) in [5, 5.41) is 8.32. The number of benzene rings is 2. The van der Waals surface area contributed by atoms with Gasteiger partial charge in [-0.25, -0.2) is 0 Å². The topological polar surface area (TPSA) is 71.3 Å². The van der Waals surface area contributed by atoms with Crippen LogP contribution in [0.25, 0.3) is 11.4 Å². The van der Waals surface area contributed by atoms with E-state index in [0.717, 1.165) is 30.6 Å². The molecule has 1 fully saturated rings. The summed E-state index contributed by atoms with van der Waals surface area (Å²) in [5.74, 6) is 1.00. The Hall–Kier alpha value is -2.41. The minimum Gasteiger partial charge on any atom is -0.338 e. The first-order chi connectivity index (χ1) is 14.1. The summed E-state index contributed by atoms with van der Waals surface area (Å²) >= 11 is 11.8. The van der Waals surface area contributed by atoms with Crippen molar-refractivity contribution in [3.05, 3.63) is 64.5 Å². The molecule has 1 N–H and O–H groups in total. The minimum atomic E-state index is -0.0851. The molecule has 0 bridgehead atoms. The highest BCUT2D eigenvalue weighted by Crippen LogP contribution is 2.23. The molecule has 0 spiro atoms. The van der Waals surface area contributed by atoms with Crippen LogP contribution in [-0.4, -0.2) is 34.0 Å². The highest BCUT2D eigenvalue weighted by Gasteiger charge is 2.27. The fourth-order valence-electron chi connectivity index (χ4n) is 3.42. The molecule has 4 rings (SSSR count). The van der Waals surface area contributed by atoms with Gasteiger partial charge in [-0.1, -0.05) is 28.4 Å². The van der Waals surface area contributed by atoms with Gasteiger partial charge in [-0.05, 0) is 67.9 Å². The molecule has 1 saturated heterocycles. The van der Waals surface area contributed by atoms with E-state index in [1.807, 2.05) is 12.1 Å². The molecule has 3 aromatic rings. The molecule has 6 nitrogen and oxygen atoms in total. The summed E-state index contributed by atoms with van der Waals surface area (Å²) in [6.07, 6.45) is 1.80. The molecule has 1 aliphatic heterocycles. The Balaban J connectivity index is 1.35. The predicted molar refractivity (Wildman–Crippen MR) is 113 cm³/mol. The molecule has 0 aliphatic carbocycles. The van der Waals surface area contributed by atoms with Crippen molar-refractivity contribution in [1.82, 2.24) is 15.0 Å². The number of aromatic nitrogens is 2. The standard InChI is InChI=1S/C21H20Cl2N4O2/c22-16-5-3-14(4-6-16)20-25-19(29-26-20)13-27-11-1-2-15(12-27)21(28)24-18-9-7-17(23)8-10-18/h3-10,15H,1-2,11-13H2,(H,24,28). The number of amides is 1. The monoisotopic (exact) mass is 430 g/mol. The molecule has 1 aromatic heterocycles. The molecule has 1 aliphatic rings. The Kier molecular flexibility index (Phi) is 6.13. The lowest BCUT2D eigenvalue weighted by Crippen LogP contribution is -2.40. The van der Waals surface area contributed by atoms with Crippen LogP contribution in [0.5, 0.6) is 0 Å². The van der Waals surface area contributed by atoms with Crippen molar-refractivity contribution in [2.75, 3.05) is 18.4 Å². The van der Waals surface area contributed by atoms with E-state index < -0.39 is 0 Å². The average molecular weight is 431 g/mol. The van der Waals surface area contributed by atoms with Gasteiger partial charge in [-0.15, -0.1) is 0 Å². The zero-order valence-electron chi connectivity index (χ0n) is 15.6. The summed E-state index contributed by atoms with van der Waals surface area (Å²) in [4.78, 5) is 19.3. The largest absolute Gasteiger partial charge is 0.338 e. The number of hydrogen-bond donors (Lipinski definition) is 1. The van der Waals surface area contributed by atoms with Gasteiger partial charge in [0, 0.05) is 27.8 Å². The van der Waals surface area contributed by atoms with Gasteiger partial charge in [0.15, 0.2) is 0 Å². The molecule has 2 heterocycles. The van der Waals surface area contributed by atoms with Gasteiger partial charge >= 0.3 is 0 Å². The fraction of sp³-hybridized carbons (Fsp3) is 0.286. The smallest absolute Gasteiger partial charge is 0.241 e. The maximum Gasteiger partial charge on any atom is 0.241 e. The van der Waals surface area contributed by atoms with Gasteiger partial charge in [0.1, 0.15) is 0 Å². The van der Waals surface area contributed by atoms with Crippen LogP contribution in [0.2, 0.25) is 10.0 Å². The molecule has 0 radical (unpaired) electrons. The van der Waals surface area contributed by atoms with Gasteiger partial charge in [-0.2, -0.15) is 4.98 Å². The number of rotatable bonds is 5. The van der Waals surface area contributed by atoms with Crippen molar-refractivity contribution in [3.63, 3.8) is 0 Å². The third-order valence-electron chi connectivity index (χ3n) is 4.92. The number of nitrogens with one attached hydrogen (secondary N) is 1. The Morgan fingerprint density at radius 1 is 1.10 bits per heavy atom. The first-order valence-corrected chi connectivity index (χ1v) is 10.2. The van der Waals surface area contributed by atoms with Crippen LogP contribution in [0.15, 0.2) is 53.1 Å². The Morgan fingerprint density at radius 3 is 2.52 bits per heavy atom. The molecule has 150 valence electrons. The number of nitrogens with zero attached hydrogens (tertiary/aromatic N) is 3. The van der Waals surface area contributed by atoms with Crippen LogP contribution in [0.4, 0.5) is 5.69 Å². The highest BCUT2D eigenvalue weighted by atomic mass is 35.5. The SMILES string of the molecule is O=C(Nc1ccc(Cl)cc1)C1CCCN(Cc2nc(-c3ccc(Cl)cc3)no2)C1. The zero-order chi connectivity index (χ0) is 20.2. The highest BCUT2D eigenvalue weighted by molar-refractivity contribution is 6.30. The molecule has 8 heteroatoms. The van der Waals surface area contributed by atoms with E-state index in [1.165, 1.54) is 0 Å². The molecule has 1 unspecified atom stereocenters. The van der Waals surface area contributed by atoms with Gasteiger partial charge in [0.25, 0.3) is 0 Å².